The van der Waals surface area contributed by atoms with Crippen molar-refractivity contribution < 1.29 is 9.53 Å². The van der Waals surface area contributed by atoms with Gasteiger partial charge in [0, 0.05) is 29.1 Å². The van der Waals surface area contributed by atoms with E-state index >= 15 is 0 Å². The summed E-state index contributed by atoms with van der Waals surface area (Å²) in [5.74, 6) is 0. The summed E-state index contributed by atoms with van der Waals surface area (Å²) in [5.41, 5.74) is 0.651. The van der Waals surface area contributed by atoms with E-state index in [9.17, 15) is 4.79 Å². The number of halogens is 2. The van der Waals surface area contributed by atoms with Crippen LogP contribution in [0.4, 0.5) is 4.79 Å². The first-order chi connectivity index (χ1) is 9.28. The van der Waals surface area contributed by atoms with Crippen LogP contribution < -0.4 is 10.6 Å². The lowest BCUT2D eigenvalue weighted by molar-refractivity contribution is 0.0528. The number of carbonyl (C=O) groups is 1. The lowest BCUT2D eigenvalue weighted by atomic mass is 10.2. The first-order valence-electron chi connectivity index (χ1n) is 6.39. The van der Waals surface area contributed by atoms with Gasteiger partial charge in [-0.3, -0.25) is 0 Å². The molecule has 0 fully saturated rings. The third-order valence-corrected chi connectivity index (χ3v) is 3.27. The lowest BCUT2D eigenvalue weighted by Gasteiger charge is -2.19. The van der Waals surface area contributed by atoms with Crippen LogP contribution >= 0.6 is 27.5 Å². The van der Waals surface area contributed by atoms with E-state index in [0.717, 1.165) is 10.0 Å². The molecule has 20 heavy (non-hydrogen) atoms. The number of rotatable bonds is 5. The summed E-state index contributed by atoms with van der Waals surface area (Å²) in [6.07, 6.45) is -0.396. The maximum absolute atomic E-state index is 11.4. The zero-order valence-corrected chi connectivity index (χ0v) is 14.3. The van der Waals surface area contributed by atoms with Crippen LogP contribution in [0, 0.1) is 0 Å². The molecule has 6 heteroatoms. The number of hydrogen-bond donors (Lipinski definition) is 2. The van der Waals surface area contributed by atoms with Gasteiger partial charge in [0.1, 0.15) is 5.60 Å². The van der Waals surface area contributed by atoms with E-state index in [4.69, 9.17) is 16.3 Å². The fourth-order valence-corrected chi connectivity index (χ4v) is 2.28. The van der Waals surface area contributed by atoms with Gasteiger partial charge in [0.2, 0.25) is 0 Å². The number of alkyl carbamates (subject to hydrolysis) is 1. The number of nitrogens with one attached hydrogen (secondary N) is 2. The molecule has 0 radical (unpaired) electrons. The summed E-state index contributed by atoms with van der Waals surface area (Å²) >= 11 is 9.33. The molecule has 0 saturated carbocycles. The molecule has 4 nitrogen and oxygen atoms in total. The minimum absolute atomic E-state index is 0.396. The van der Waals surface area contributed by atoms with E-state index in [1.807, 2.05) is 39.0 Å². The predicted molar refractivity (Wildman–Crippen MR) is 85.1 cm³/mol. The monoisotopic (exact) mass is 362 g/mol. The first kappa shape index (κ1) is 17.3. The van der Waals surface area contributed by atoms with Crippen molar-refractivity contribution in [1.82, 2.24) is 10.6 Å². The van der Waals surface area contributed by atoms with Crippen LogP contribution in [0.15, 0.2) is 22.7 Å². The average molecular weight is 364 g/mol. The van der Waals surface area contributed by atoms with Crippen LogP contribution in [0.2, 0.25) is 5.02 Å². The minimum atomic E-state index is -0.467. The molecule has 1 aromatic rings. The van der Waals surface area contributed by atoms with Crippen molar-refractivity contribution in [2.75, 3.05) is 13.1 Å². The van der Waals surface area contributed by atoms with Gasteiger partial charge in [0.25, 0.3) is 0 Å². The zero-order chi connectivity index (χ0) is 15.2. The maximum atomic E-state index is 11.4. The molecule has 1 aromatic carbocycles. The third kappa shape index (κ3) is 7.12. The number of hydrogen-bond acceptors (Lipinski definition) is 3. The van der Waals surface area contributed by atoms with Crippen LogP contribution in [0.25, 0.3) is 0 Å². The van der Waals surface area contributed by atoms with E-state index in [-0.39, 0.29) is 0 Å². The second kappa shape index (κ2) is 7.86. The number of ether oxygens (including phenoxy) is 1. The van der Waals surface area contributed by atoms with Crippen LogP contribution in [-0.2, 0) is 11.3 Å². The topological polar surface area (TPSA) is 50.4 Å². The van der Waals surface area contributed by atoms with Gasteiger partial charge in [0.05, 0.1) is 0 Å². The van der Waals surface area contributed by atoms with Crippen LogP contribution in [0.1, 0.15) is 26.3 Å². The second-order valence-electron chi connectivity index (χ2n) is 5.34. The Bertz CT molecular complexity index is 461. The Kier molecular flexibility index (Phi) is 6.79. The maximum Gasteiger partial charge on any atom is 0.407 e. The van der Waals surface area contributed by atoms with Crippen molar-refractivity contribution >= 4 is 33.6 Å². The molecule has 2 N–H and O–H groups in total. The van der Waals surface area contributed by atoms with Crippen molar-refractivity contribution in [3.8, 4) is 0 Å². The molecule has 0 heterocycles. The Morgan fingerprint density at radius 3 is 2.65 bits per heavy atom. The highest BCUT2D eigenvalue weighted by Crippen LogP contribution is 2.21. The van der Waals surface area contributed by atoms with Gasteiger partial charge < -0.3 is 15.4 Å². The van der Waals surface area contributed by atoms with Crippen LogP contribution in [0.3, 0.4) is 0 Å². The van der Waals surface area contributed by atoms with Crippen molar-refractivity contribution in [2.24, 2.45) is 0 Å². The van der Waals surface area contributed by atoms with Gasteiger partial charge in [-0.2, -0.15) is 0 Å². The molecule has 0 bridgehead atoms. The van der Waals surface area contributed by atoms with Crippen molar-refractivity contribution in [3.05, 3.63) is 33.3 Å². The lowest BCUT2D eigenvalue weighted by Crippen LogP contribution is -2.36. The predicted octanol–water partition coefficient (Wildman–Crippen LogP) is 3.72. The van der Waals surface area contributed by atoms with E-state index in [2.05, 4.69) is 26.6 Å². The summed E-state index contributed by atoms with van der Waals surface area (Å²) in [6, 6.07) is 5.67. The highest BCUT2D eigenvalue weighted by Gasteiger charge is 2.15. The Labute approximate surface area is 133 Å². The molecule has 1 amide bonds. The SMILES string of the molecule is CC(C)(C)OC(=O)NCCNCc1ccc(Cl)cc1Br. The molecular weight excluding hydrogens is 344 g/mol. The molecule has 0 aliphatic rings. The third-order valence-electron chi connectivity index (χ3n) is 2.30. The second-order valence-corrected chi connectivity index (χ2v) is 6.63. The molecule has 0 spiro atoms. The fraction of sp³-hybridized carbons (Fsp3) is 0.500. The van der Waals surface area contributed by atoms with Crippen molar-refractivity contribution in [2.45, 2.75) is 32.9 Å². The number of amides is 1. The highest BCUT2D eigenvalue weighted by atomic mass is 79.9. The quantitative estimate of drug-likeness (QED) is 0.784. The molecule has 0 atom stereocenters. The van der Waals surface area contributed by atoms with Crippen LogP contribution in [-0.4, -0.2) is 24.8 Å². The number of carbonyl (C=O) groups excluding carboxylic acids is 1. The van der Waals surface area contributed by atoms with E-state index in [1.165, 1.54) is 0 Å². The van der Waals surface area contributed by atoms with Gasteiger partial charge in [-0.25, -0.2) is 4.79 Å². The Morgan fingerprint density at radius 2 is 2.05 bits per heavy atom. The fourth-order valence-electron chi connectivity index (χ4n) is 1.46. The Balaban J connectivity index is 2.21. The summed E-state index contributed by atoms with van der Waals surface area (Å²) in [7, 11) is 0. The molecule has 0 aliphatic carbocycles. The minimum Gasteiger partial charge on any atom is -0.444 e. The van der Waals surface area contributed by atoms with E-state index in [0.29, 0.717) is 24.7 Å². The molecule has 0 unspecified atom stereocenters. The Morgan fingerprint density at radius 1 is 1.35 bits per heavy atom. The summed E-state index contributed by atoms with van der Waals surface area (Å²) in [6.45, 7) is 7.39. The normalized spacial score (nSPS) is 11.2. The largest absolute Gasteiger partial charge is 0.444 e. The summed E-state index contributed by atoms with van der Waals surface area (Å²) < 4.78 is 6.10. The molecule has 1 rings (SSSR count). The standard InChI is InChI=1S/C14H20BrClN2O2/c1-14(2,3)20-13(19)18-7-6-17-9-10-4-5-11(16)8-12(10)15/h4-5,8,17H,6-7,9H2,1-3H3,(H,18,19). The first-order valence-corrected chi connectivity index (χ1v) is 7.56. The smallest absolute Gasteiger partial charge is 0.407 e. The van der Waals surface area contributed by atoms with Crippen molar-refractivity contribution in [3.63, 3.8) is 0 Å². The molecule has 0 saturated heterocycles. The average Bonchev–Trinajstić information content (AvgIpc) is 2.28. The van der Waals surface area contributed by atoms with Gasteiger partial charge in [-0.05, 0) is 38.5 Å². The van der Waals surface area contributed by atoms with Crippen LogP contribution in [0.5, 0.6) is 0 Å². The van der Waals surface area contributed by atoms with Gasteiger partial charge in [-0.1, -0.05) is 33.6 Å². The summed E-state index contributed by atoms with van der Waals surface area (Å²) in [4.78, 5) is 11.4. The zero-order valence-electron chi connectivity index (χ0n) is 11.9. The van der Waals surface area contributed by atoms with Crippen molar-refractivity contribution in [1.29, 1.82) is 0 Å². The van der Waals surface area contributed by atoms with E-state index < -0.39 is 11.7 Å². The van der Waals surface area contributed by atoms with E-state index in [1.54, 1.807) is 0 Å². The summed E-state index contributed by atoms with van der Waals surface area (Å²) in [5, 5.41) is 6.63. The molecule has 0 aromatic heterocycles. The molecule has 0 aliphatic heterocycles. The molecule has 112 valence electrons. The highest BCUT2D eigenvalue weighted by molar-refractivity contribution is 9.10. The van der Waals surface area contributed by atoms with Gasteiger partial charge >= 0.3 is 6.09 Å². The van der Waals surface area contributed by atoms with Gasteiger partial charge in [-0.15, -0.1) is 0 Å². The molecular formula is C14H20BrClN2O2. The Hall–Kier alpha value is -0.780. The van der Waals surface area contributed by atoms with Gasteiger partial charge in [0.15, 0.2) is 0 Å². The number of benzene rings is 1.